The summed E-state index contributed by atoms with van der Waals surface area (Å²) < 4.78 is 0. The third-order valence-electron chi connectivity index (χ3n) is 4.72. The molecule has 1 N–H and O–H groups in total. The Kier molecular flexibility index (Phi) is 5.25. The van der Waals surface area contributed by atoms with Crippen LogP contribution in [0.25, 0.3) is 0 Å². The van der Waals surface area contributed by atoms with E-state index in [2.05, 4.69) is 59.5 Å². The van der Waals surface area contributed by atoms with Crippen LogP contribution in [-0.2, 0) is 6.42 Å². The molecule has 3 rings (SSSR count). The number of piperidine rings is 1. The fourth-order valence-electron chi connectivity index (χ4n) is 3.60. The minimum atomic E-state index is 0.139. The highest BCUT2D eigenvalue weighted by Crippen LogP contribution is 2.28. The van der Waals surface area contributed by atoms with Crippen molar-refractivity contribution in [2.45, 2.75) is 25.3 Å². The van der Waals surface area contributed by atoms with Gasteiger partial charge in [-0.25, -0.2) is 0 Å². The van der Waals surface area contributed by atoms with Crippen molar-refractivity contribution in [1.29, 1.82) is 0 Å². The third kappa shape index (κ3) is 3.76. The average molecular weight is 295 g/mol. The third-order valence-corrected chi connectivity index (χ3v) is 4.72. The van der Waals surface area contributed by atoms with E-state index in [1.807, 2.05) is 6.07 Å². The molecule has 1 aliphatic heterocycles. The Morgan fingerprint density at radius 1 is 1.00 bits per heavy atom. The molecule has 2 aromatic carbocycles. The van der Waals surface area contributed by atoms with Gasteiger partial charge in [0, 0.05) is 6.54 Å². The summed E-state index contributed by atoms with van der Waals surface area (Å²) in [7, 11) is 0. The molecule has 0 saturated carbocycles. The van der Waals surface area contributed by atoms with Gasteiger partial charge in [0.25, 0.3) is 0 Å². The highest BCUT2D eigenvalue weighted by atomic mass is 16.3. The van der Waals surface area contributed by atoms with Gasteiger partial charge in [-0.05, 0) is 42.9 Å². The molecule has 22 heavy (non-hydrogen) atoms. The summed E-state index contributed by atoms with van der Waals surface area (Å²) in [5, 5.41) is 9.87. The smallest absolute Gasteiger partial charge is 0.0628 e. The lowest BCUT2D eigenvalue weighted by Gasteiger charge is -2.38. The van der Waals surface area contributed by atoms with Crippen molar-refractivity contribution in [2.24, 2.45) is 5.92 Å². The molecule has 0 aromatic heterocycles. The topological polar surface area (TPSA) is 23.5 Å². The van der Waals surface area contributed by atoms with Crippen molar-refractivity contribution in [3.63, 3.8) is 0 Å². The van der Waals surface area contributed by atoms with E-state index < -0.39 is 0 Å². The summed E-state index contributed by atoms with van der Waals surface area (Å²) >= 11 is 0. The highest BCUT2D eigenvalue weighted by Gasteiger charge is 2.26. The van der Waals surface area contributed by atoms with Crippen LogP contribution in [0.5, 0.6) is 0 Å². The van der Waals surface area contributed by atoms with Gasteiger partial charge in [-0.15, -0.1) is 0 Å². The highest BCUT2D eigenvalue weighted by molar-refractivity contribution is 5.20. The quantitative estimate of drug-likeness (QED) is 0.909. The van der Waals surface area contributed by atoms with Crippen LogP contribution >= 0.6 is 0 Å². The SMILES string of the molecule is OC[C@@H](c1ccccc1)N1CCC[C@H](Cc2ccccc2)C1. The largest absolute Gasteiger partial charge is 0.394 e. The Bertz CT molecular complexity index is 554. The first kappa shape index (κ1) is 15.3. The summed E-state index contributed by atoms with van der Waals surface area (Å²) in [5.41, 5.74) is 2.65. The first-order valence-corrected chi connectivity index (χ1v) is 8.30. The molecule has 0 amide bonds. The van der Waals surface area contributed by atoms with Crippen LogP contribution < -0.4 is 0 Å². The summed E-state index contributed by atoms with van der Waals surface area (Å²) in [6.07, 6.45) is 3.66. The molecule has 2 nitrogen and oxygen atoms in total. The van der Waals surface area contributed by atoms with E-state index in [1.54, 1.807) is 0 Å². The fraction of sp³-hybridized carbons (Fsp3) is 0.400. The fourth-order valence-corrected chi connectivity index (χ4v) is 3.60. The van der Waals surface area contributed by atoms with E-state index in [4.69, 9.17) is 0 Å². The van der Waals surface area contributed by atoms with E-state index in [9.17, 15) is 5.11 Å². The van der Waals surface area contributed by atoms with Crippen molar-refractivity contribution < 1.29 is 5.11 Å². The zero-order valence-electron chi connectivity index (χ0n) is 13.1. The lowest BCUT2D eigenvalue weighted by molar-refractivity contribution is 0.0795. The molecule has 116 valence electrons. The van der Waals surface area contributed by atoms with Gasteiger partial charge in [0.2, 0.25) is 0 Å². The van der Waals surface area contributed by atoms with Gasteiger partial charge in [0.05, 0.1) is 12.6 Å². The lowest BCUT2D eigenvalue weighted by Crippen LogP contribution is -2.40. The van der Waals surface area contributed by atoms with Crippen LogP contribution in [0.1, 0.15) is 30.0 Å². The maximum Gasteiger partial charge on any atom is 0.0628 e. The van der Waals surface area contributed by atoms with Crippen LogP contribution in [0, 0.1) is 5.92 Å². The molecule has 0 radical (unpaired) electrons. The van der Waals surface area contributed by atoms with E-state index in [1.165, 1.54) is 24.0 Å². The van der Waals surface area contributed by atoms with E-state index in [0.29, 0.717) is 5.92 Å². The molecule has 1 aliphatic rings. The number of rotatable bonds is 5. The summed E-state index contributed by atoms with van der Waals surface area (Å²) in [4.78, 5) is 2.46. The van der Waals surface area contributed by atoms with Gasteiger partial charge in [0.15, 0.2) is 0 Å². The predicted octanol–water partition coefficient (Wildman–Crippen LogP) is 3.67. The number of benzene rings is 2. The maximum atomic E-state index is 9.87. The molecular formula is C20H25NO. The number of hydrogen-bond donors (Lipinski definition) is 1. The monoisotopic (exact) mass is 295 g/mol. The molecule has 2 atom stereocenters. The van der Waals surface area contributed by atoms with Crippen LogP contribution in [0.4, 0.5) is 0 Å². The van der Waals surface area contributed by atoms with Gasteiger partial charge in [-0.3, -0.25) is 4.90 Å². The van der Waals surface area contributed by atoms with Gasteiger partial charge in [-0.1, -0.05) is 60.7 Å². The Balaban J connectivity index is 1.67. The van der Waals surface area contributed by atoms with Crippen LogP contribution in [0.15, 0.2) is 60.7 Å². The van der Waals surface area contributed by atoms with E-state index >= 15 is 0 Å². The molecule has 0 spiro atoms. The van der Waals surface area contributed by atoms with Crippen LogP contribution in [0.3, 0.4) is 0 Å². The van der Waals surface area contributed by atoms with E-state index in [0.717, 1.165) is 19.5 Å². The Morgan fingerprint density at radius 2 is 1.68 bits per heavy atom. The van der Waals surface area contributed by atoms with Gasteiger partial charge in [0.1, 0.15) is 0 Å². The van der Waals surface area contributed by atoms with Gasteiger partial charge >= 0.3 is 0 Å². The first-order valence-electron chi connectivity index (χ1n) is 8.30. The number of nitrogens with zero attached hydrogens (tertiary/aromatic N) is 1. The van der Waals surface area contributed by atoms with Crippen molar-refractivity contribution in [3.8, 4) is 0 Å². The van der Waals surface area contributed by atoms with Crippen molar-refractivity contribution in [1.82, 2.24) is 4.90 Å². The maximum absolute atomic E-state index is 9.87. The van der Waals surface area contributed by atoms with Gasteiger partial charge in [-0.2, -0.15) is 0 Å². The molecule has 2 aromatic rings. The number of hydrogen-bond acceptors (Lipinski definition) is 2. The minimum absolute atomic E-state index is 0.139. The number of likely N-dealkylation sites (tertiary alicyclic amines) is 1. The molecule has 2 heteroatoms. The zero-order chi connectivity index (χ0) is 15.2. The summed E-state index contributed by atoms with van der Waals surface area (Å²) in [5.74, 6) is 0.689. The predicted molar refractivity (Wildman–Crippen MR) is 90.7 cm³/mol. The average Bonchev–Trinajstić information content (AvgIpc) is 2.58. The zero-order valence-corrected chi connectivity index (χ0v) is 13.1. The van der Waals surface area contributed by atoms with Crippen LogP contribution in [0.2, 0.25) is 0 Å². The van der Waals surface area contributed by atoms with Crippen molar-refractivity contribution >= 4 is 0 Å². The number of aliphatic hydroxyl groups is 1. The van der Waals surface area contributed by atoms with Crippen molar-refractivity contribution in [3.05, 3.63) is 71.8 Å². The summed E-state index contributed by atoms with van der Waals surface area (Å²) in [6.45, 7) is 2.36. The molecule has 0 aliphatic carbocycles. The Hall–Kier alpha value is -1.64. The van der Waals surface area contributed by atoms with Gasteiger partial charge < -0.3 is 5.11 Å². The summed E-state index contributed by atoms with van der Waals surface area (Å²) in [6, 6.07) is 21.3. The van der Waals surface area contributed by atoms with Crippen LogP contribution in [-0.4, -0.2) is 29.7 Å². The molecule has 1 saturated heterocycles. The second-order valence-corrected chi connectivity index (χ2v) is 6.30. The lowest BCUT2D eigenvalue weighted by atomic mass is 9.90. The molecule has 1 fully saturated rings. The molecule has 0 bridgehead atoms. The molecule has 0 unspecified atom stereocenters. The van der Waals surface area contributed by atoms with E-state index in [-0.39, 0.29) is 12.6 Å². The molecular weight excluding hydrogens is 270 g/mol. The number of aliphatic hydroxyl groups excluding tert-OH is 1. The first-order chi connectivity index (χ1) is 10.9. The second-order valence-electron chi connectivity index (χ2n) is 6.30. The Labute approximate surface area is 133 Å². The normalized spacial score (nSPS) is 20.7. The van der Waals surface area contributed by atoms with Crippen molar-refractivity contribution in [2.75, 3.05) is 19.7 Å². The Morgan fingerprint density at radius 3 is 2.36 bits per heavy atom. The second kappa shape index (κ2) is 7.57. The standard InChI is InChI=1S/C20H25NO/c22-16-20(19-11-5-2-6-12-19)21-13-7-10-18(15-21)14-17-8-3-1-4-9-17/h1-6,8-9,11-12,18,20,22H,7,10,13-16H2/t18-,20+/m1/s1. The minimum Gasteiger partial charge on any atom is -0.394 e. The molecule has 1 heterocycles.